The van der Waals surface area contributed by atoms with E-state index in [1.54, 1.807) is 67.8 Å². The number of para-hydroxylation sites is 1. The molecule has 1 heterocycles. The number of anilines is 3. The fourth-order valence-corrected chi connectivity index (χ4v) is 5.41. The van der Waals surface area contributed by atoms with E-state index in [0.29, 0.717) is 34.1 Å². The van der Waals surface area contributed by atoms with Crippen molar-refractivity contribution in [2.24, 2.45) is 0 Å². The minimum atomic E-state index is -3.96. The SMILES string of the molecule is COc1ccc(NS(=O)(=O)c2cc(NC(=O)c3ccccc3OC)ccc2N2CCCCC2)cc1. The van der Waals surface area contributed by atoms with Crippen LogP contribution >= 0.6 is 0 Å². The topological polar surface area (TPSA) is 97.0 Å². The maximum Gasteiger partial charge on any atom is 0.264 e. The molecule has 2 N–H and O–H groups in total. The maximum absolute atomic E-state index is 13.5. The van der Waals surface area contributed by atoms with Crippen molar-refractivity contribution in [3.63, 3.8) is 0 Å². The predicted molar refractivity (Wildman–Crippen MR) is 137 cm³/mol. The average Bonchev–Trinajstić information content (AvgIpc) is 2.89. The maximum atomic E-state index is 13.5. The summed E-state index contributed by atoms with van der Waals surface area (Å²) in [5, 5.41) is 2.81. The Labute approximate surface area is 205 Å². The number of hydrogen-bond acceptors (Lipinski definition) is 6. The van der Waals surface area contributed by atoms with Gasteiger partial charge >= 0.3 is 0 Å². The summed E-state index contributed by atoms with van der Waals surface area (Å²) in [7, 11) is -0.912. The van der Waals surface area contributed by atoms with Gasteiger partial charge in [0.15, 0.2) is 0 Å². The van der Waals surface area contributed by atoms with Crippen LogP contribution in [0.4, 0.5) is 17.1 Å². The highest BCUT2D eigenvalue weighted by Gasteiger charge is 2.25. The lowest BCUT2D eigenvalue weighted by Gasteiger charge is -2.30. The van der Waals surface area contributed by atoms with E-state index < -0.39 is 10.0 Å². The number of nitrogens with zero attached hydrogens (tertiary/aromatic N) is 1. The Hall–Kier alpha value is -3.72. The molecule has 0 saturated carbocycles. The van der Waals surface area contributed by atoms with Crippen molar-refractivity contribution in [1.29, 1.82) is 0 Å². The summed E-state index contributed by atoms with van der Waals surface area (Å²) in [5.74, 6) is 0.673. The first-order valence-electron chi connectivity index (χ1n) is 11.4. The molecule has 1 fully saturated rings. The third kappa shape index (κ3) is 5.68. The number of sulfonamides is 1. The second-order valence-corrected chi connectivity index (χ2v) is 9.87. The van der Waals surface area contributed by atoms with Crippen molar-refractivity contribution in [2.45, 2.75) is 24.2 Å². The molecule has 0 aliphatic carbocycles. The summed E-state index contributed by atoms with van der Waals surface area (Å²) in [6.07, 6.45) is 3.12. The van der Waals surface area contributed by atoms with E-state index in [1.165, 1.54) is 13.2 Å². The van der Waals surface area contributed by atoms with Crippen molar-refractivity contribution >= 4 is 33.0 Å². The molecule has 9 heteroatoms. The van der Waals surface area contributed by atoms with Crippen LogP contribution in [0.1, 0.15) is 29.6 Å². The molecule has 1 aliphatic heterocycles. The normalized spacial score (nSPS) is 13.7. The molecule has 0 bridgehead atoms. The number of carbonyl (C=O) groups is 1. The van der Waals surface area contributed by atoms with Crippen molar-refractivity contribution in [2.75, 3.05) is 42.2 Å². The lowest BCUT2D eigenvalue weighted by Crippen LogP contribution is -2.31. The molecule has 1 saturated heterocycles. The summed E-state index contributed by atoms with van der Waals surface area (Å²) in [6, 6.07) is 18.5. The molecular formula is C26H29N3O5S. The molecule has 0 radical (unpaired) electrons. The Morgan fingerprint density at radius 3 is 2.23 bits per heavy atom. The highest BCUT2D eigenvalue weighted by Crippen LogP contribution is 2.32. The number of hydrogen-bond donors (Lipinski definition) is 2. The highest BCUT2D eigenvalue weighted by molar-refractivity contribution is 7.92. The van der Waals surface area contributed by atoms with Gasteiger partial charge in [0.05, 0.1) is 25.5 Å². The van der Waals surface area contributed by atoms with Gasteiger partial charge in [-0.05, 0) is 73.9 Å². The fraction of sp³-hybridized carbons (Fsp3) is 0.269. The van der Waals surface area contributed by atoms with Crippen molar-refractivity contribution < 1.29 is 22.7 Å². The second-order valence-electron chi connectivity index (χ2n) is 8.22. The van der Waals surface area contributed by atoms with E-state index in [0.717, 1.165) is 32.4 Å². The van der Waals surface area contributed by atoms with Gasteiger partial charge < -0.3 is 19.7 Å². The van der Waals surface area contributed by atoms with Crippen LogP contribution in [0.2, 0.25) is 0 Å². The highest BCUT2D eigenvalue weighted by atomic mass is 32.2. The zero-order valence-electron chi connectivity index (χ0n) is 19.8. The molecule has 8 nitrogen and oxygen atoms in total. The van der Waals surface area contributed by atoms with Gasteiger partial charge in [-0.25, -0.2) is 8.42 Å². The smallest absolute Gasteiger partial charge is 0.264 e. The Kier molecular flexibility index (Phi) is 7.45. The van der Waals surface area contributed by atoms with Gasteiger partial charge in [0.1, 0.15) is 16.4 Å². The summed E-state index contributed by atoms with van der Waals surface area (Å²) in [4.78, 5) is 15.1. The molecule has 3 aromatic rings. The van der Waals surface area contributed by atoms with Crippen molar-refractivity contribution in [3.8, 4) is 11.5 Å². The summed E-state index contributed by atoms with van der Waals surface area (Å²) >= 11 is 0. The first kappa shape index (κ1) is 24.4. The molecule has 0 atom stereocenters. The van der Waals surface area contributed by atoms with Gasteiger partial charge in [-0.15, -0.1) is 0 Å². The van der Waals surface area contributed by atoms with E-state index in [4.69, 9.17) is 9.47 Å². The number of methoxy groups -OCH3 is 2. The van der Waals surface area contributed by atoms with Crippen LogP contribution in [-0.4, -0.2) is 41.6 Å². The third-order valence-corrected chi connectivity index (χ3v) is 7.31. The fourth-order valence-electron chi connectivity index (χ4n) is 4.10. The Morgan fingerprint density at radius 2 is 1.54 bits per heavy atom. The van der Waals surface area contributed by atoms with Gasteiger partial charge in [-0.2, -0.15) is 0 Å². The predicted octanol–water partition coefficient (Wildman–Crippen LogP) is 4.75. The molecule has 35 heavy (non-hydrogen) atoms. The van der Waals surface area contributed by atoms with Crippen molar-refractivity contribution in [1.82, 2.24) is 0 Å². The van der Waals surface area contributed by atoms with Gasteiger partial charge in [0, 0.05) is 24.5 Å². The largest absolute Gasteiger partial charge is 0.497 e. The standard InChI is InChI=1S/C26H29N3O5S/c1-33-21-13-10-19(11-14-21)28-35(31,32)25-18-20(12-15-23(25)29-16-6-3-7-17-29)27-26(30)22-8-4-5-9-24(22)34-2/h4-5,8-15,18,28H,3,6-7,16-17H2,1-2H3,(H,27,30). The van der Waals surface area contributed by atoms with E-state index in [2.05, 4.69) is 14.9 Å². The molecule has 0 unspecified atom stereocenters. The second kappa shape index (κ2) is 10.7. The molecular weight excluding hydrogens is 466 g/mol. The number of ether oxygens (including phenoxy) is 2. The van der Waals surface area contributed by atoms with E-state index in [9.17, 15) is 13.2 Å². The number of benzene rings is 3. The molecule has 3 aromatic carbocycles. The Morgan fingerprint density at radius 1 is 0.857 bits per heavy atom. The third-order valence-electron chi connectivity index (χ3n) is 5.90. The first-order chi connectivity index (χ1) is 16.9. The first-order valence-corrected chi connectivity index (χ1v) is 12.9. The van der Waals surface area contributed by atoms with Crippen LogP contribution in [0.15, 0.2) is 71.6 Å². The number of amides is 1. The molecule has 184 valence electrons. The van der Waals surface area contributed by atoms with Crippen LogP contribution in [0.25, 0.3) is 0 Å². The Balaban J connectivity index is 1.68. The minimum Gasteiger partial charge on any atom is -0.497 e. The monoisotopic (exact) mass is 495 g/mol. The van der Waals surface area contributed by atoms with E-state index in [-0.39, 0.29) is 10.8 Å². The summed E-state index contributed by atoms with van der Waals surface area (Å²) < 4.78 is 40.1. The van der Waals surface area contributed by atoms with Gasteiger partial charge in [0.2, 0.25) is 0 Å². The lowest BCUT2D eigenvalue weighted by atomic mass is 10.1. The number of carbonyl (C=O) groups excluding carboxylic acids is 1. The average molecular weight is 496 g/mol. The summed E-state index contributed by atoms with van der Waals surface area (Å²) in [5.41, 5.74) is 1.76. The van der Waals surface area contributed by atoms with Crippen LogP contribution < -0.4 is 24.4 Å². The van der Waals surface area contributed by atoms with Crippen LogP contribution in [0.5, 0.6) is 11.5 Å². The van der Waals surface area contributed by atoms with Gasteiger partial charge in [-0.3, -0.25) is 9.52 Å². The molecule has 0 spiro atoms. The van der Waals surface area contributed by atoms with Gasteiger partial charge in [-0.1, -0.05) is 12.1 Å². The summed E-state index contributed by atoms with van der Waals surface area (Å²) in [6.45, 7) is 1.55. The van der Waals surface area contributed by atoms with Gasteiger partial charge in [0.25, 0.3) is 15.9 Å². The van der Waals surface area contributed by atoms with Crippen molar-refractivity contribution in [3.05, 3.63) is 72.3 Å². The molecule has 1 amide bonds. The quantitative estimate of drug-likeness (QED) is 0.468. The lowest BCUT2D eigenvalue weighted by molar-refractivity contribution is 0.102. The van der Waals surface area contributed by atoms with E-state index >= 15 is 0 Å². The van der Waals surface area contributed by atoms with Crippen LogP contribution in [-0.2, 0) is 10.0 Å². The van der Waals surface area contributed by atoms with E-state index in [1.807, 2.05) is 0 Å². The van der Waals surface area contributed by atoms with Crippen LogP contribution in [0.3, 0.4) is 0 Å². The molecule has 1 aliphatic rings. The number of rotatable bonds is 8. The number of nitrogens with one attached hydrogen (secondary N) is 2. The Bertz CT molecular complexity index is 1290. The zero-order chi connectivity index (χ0) is 24.8. The number of piperidine rings is 1. The molecule has 0 aromatic heterocycles. The zero-order valence-corrected chi connectivity index (χ0v) is 20.6. The minimum absolute atomic E-state index is 0.105. The molecule has 4 rings (SSSR count). The van der Waals surface area contributed by atoms with Crippen LogP contribution in [0, 0.1) is 0 Å².